The molecule has 1 N–H and O–H groups in total. The van der Waals surface area contributed by atoms with Gasteiger partial charge in [0.05, 0.1) is 11.6 Å². The van der Waals surface area contributed by atoms with Gasteiger partial charge in [0.1, 0.15) is 12.3 Å². The number of aliphatic hydroxyl groups is 1. The molecular formula is C12H12BrFN2O4. The molecule has 0 heterocycles. The third kappa shape index (κ3) is 4.10. The minimum absolute atomic E-state index is 0.0917. The van der Waals surface area contributed by atoms with Gasteiger partial charge in [-0.15, -0.1) is 10.2 Å². The standard InChI is InChI=1S/C12H12BrFN2O4/c1-19-6-9(17)11(12(18)20-2)16-15-8-5-3-4-7(13)10(8)14/h3-5,17H,6H2,1-2H3/b11-9+,16-15?. The maximum atomic E-state index is 13.7. The van der Waals surface area contributed by atoms with Crippen molar-refractivity contribution in [1.82, 2.24) is 0 Å². The molecule has 0 amide bonds. The van der Waals surface area contributed by atoms with Crippen LogP contribution in [0.15, 0.2) is 44.4 Å². The monoisotopic (exact) mass is 346 g/mol. The number of halogens is 2. The van der Waals surface area contributed by atoms with Gasteiger partial charge in [0.25, 0.3) is 0 Å². The molecule has 1 aromatic rings. The Morgan fingerprint density at radius 1 is 1.45 bits per heavy atom. The molecule has 0 saturated heterocycles. The van der Waals surface area contributed by atoms with Crippen LogP contribution in [0, 0.1) is 5.82 Å². The van der Waals surface area contributed by atoms with Crippen LogP contribution in [0.2, 0.25) is 0 Å². The number of hydrogen-bond acceptors (Lipinski definition) is 6. The SMILES string of the molecule is COC/C(O)=C(\N=Nc1cccc(Br)c1F)C(=O)OC. The molecule has 0 aliphatic carbocycles. The molecule has 0 atom stereocenters. The van der Waals surface area contributed by atoms with Crippen molar-refractivity contribution in [2.75, 3.05) is 20.8 Å². The summed E-state index contributed by atoms with van der Waals surface area (Å²) in [6.07, 6.45) is 0. The summed E-state index contributed by atoms with van der Waals surface area (Å²) in [6.45, 7) is -0.246. The molecule has 0 aromatic heterocycles. The molecule has 0 spiro atoms. The first-order valence-corrected chi connectivity index (χ1v) is 6.15. The zero-order valence-corrected chi connectivity index (χ0v) is 12.3. The Balaban J connectivity index is 3.13. The van der Waals surface area contributed by atoms with Gasteiger partial charge in [-0.05, 0) is 28.1 Å². The summed E-state index contributed by atoms with van der Waals surface area (Å²) in [6, 6.07) is 4.41. The number of ether oxygens (including phenoxy) is 2. The van der Waals surface area contributed by atoms with Gasteiger partial charge in [0.2, 0.25) is 5.70 Å². The summed E-state index contributed by atoms with van der Waals surface area (Å²) in [4.78, 5) is 11.4. The summed E-state index contributed by atoms with van der Waals surface area (Å²) in [5.41, 5.74) is -0.542. The third-order valence-electron chi connectivity index (χ3n) is 2.12. The highest BCUT2D eigenvalue weighted by molar-refractivity contribution is 9.10. The van der Waals surface area contributed by atoms with Gasteiger partial charge in [-0.2, -0.15) is 0 Å². The Morgan fingerprint density at radius 2 is 2.15 bits per heavy atom. The van der Waals surface area contributed by atoms with E-state index in [0.717, 1.165) is 7.11 Å². The second-order valence-corrected chi connectivity index (χ2v) is 4.35. The number of carbonyl (C=O) groups is 1. The van der Waals surface area contributed by atoms with Crippen molar-refractivity contribution in [3.63, 3.8) is 0 Å². The topological polar surface area (TPSA) is 80.5 Å². The van der Waals surface area contributed by atoms with Crippen LogP contribution in [0.4, 0.5) is 10.1 Å². The fraction of sp³-hybridized carbons (Fsp3) is 0.250. The van der Waals surface area contributed by atoms with E-state index >= 15 is 0 Å². The van der Waals surface area contributed by atoms with Gasteiger partial charge >= 0.3 is 5.97 Å². The van der Waals surface area contributed by atoms with Crippen LogP contribution in [0.5, 0.6) is 0 Å². The number of benzene rings is 1. The van der Waals surface area contributed by atoms with Gasteiger partial charge in [-0.25, -0.2) is 9.18 Å². The van der Waals surface area contributed by atoms with E-state index in [9.17, 15) is 14.3 Å². The largest absolute Gasteiger partial charge is 0.507 e. The van der Waals surface area contributed by atoms with Crippen molar-refractivity contribution in [3.05, 3.63) is 39.9 Å². The Kier molecular flexibility index (Phi) is 6.26. The Labute approximate surface area is 123 Å². The quantitative estimate of drug-likeness (QED) is 0.384. The van der Waals surface area contributed by atoms with Crippen molar-refractivity contribution in [2.45, 2.75) is 0 Å². The molecule has 0 saturated carbocycles. The number of methoxy groups -OCH3 is 2. The number of carbonyl (C=O) groups excluding carboxylic acids is 1. The summed E-state index contributed by atoms with van der Waals surface area (Å²) >= 11 is 3.00. The van der Waals surface area contributed by atoms with E-state index < -0.39 is 23.2 Å². The number of nitrogens with zero attached hydrogens (tertiary/aromatic N) is 2. The lowest BCUT2D eigenvalue weighted by Crippen LogP contribution is -2.08. The van der Waals surface area contributed by atoms with Gasteiger partial charge in [0, 0.05) is 7.11 Å². The van der Waals surface area contributed by atoms with Gasteiger partial charge < -0.3 is 14.6 Å². The highest BCUT2D eigenvalue weighted by atomic mass is 79.9. The Morgan fingerprint density at radius 3 is 2.75 bits per heavy atom. The average molecular weight is 347 g/mol. The molecule has 108 valence electrons. The fourth-order valence-corrected chi connectivity index (χ4v) is 1.55. The molecule has 0 fully saturated rings. The second kappa shape index (κ2) is 7.71. The molecule has 20 heavy (non-hydrogen) atoms. The highest BCUT2D eigenvalue weighted by Crippen LogP contribution is 2.26. The Hall–Kier alpha value is -1.80. The molecular weight excluding hydrogens is 335 g/mol. The average Bonchev–Trinajstić information content (AvgIpc) is 2.43. The van der Waals surface area contributed by atoms with E-state index in [1.165, 1.54) is 19.2 Å². The van der Waals surface area contributed by atoms with E-state index in [1.54, 1.807) is 6.07 Å². The summed E-state index contributed by atoms with van der Waals surface area (Å²) < 4.78 is 23.0. The van der Waals surface area contributed by atoms with Crippen molar-refractivity contribution >= 4 is 27.6 Å². The normalized spacial score (nSPS) is 12.4. The number of rotatable bonds is 5. The number of azo groups is 1. The molecule has 1 aromatic carbocycles. The van der Waals surface area contributed by atoms with Crippen LogP contribution < -0.4 is 0 Å². The van der Waals surface area contributed by atoms with Crippen molar-refractivity contribution in [2.24, 2.45) is 10.2 Å². The molecule has 0 unspecified atom stereocenters. The van der Waals surface area contributed by atoms with Crippen molar-refractivity contribution in [3.8, 4) is 0 Å². The van der Waals surface area contributed by atoms with Gasteiger partial charge in [-0.1, -0.05) is 6.07 Å². The molecule has 0 bridgehead atoms. The molecule has 8 heteroatoms. The second-order valence-electron chi connectivity index (χ2n) is 3.49. The lowest BCUT2D eigenvalue weighted by atomic mass is 10.3. The third-order valence-corrected chi connectivity index (χ3v) is 2.73. The lowest BCUT2D eigenvalue weighted by molar-refractivity contribution is -0.136. The number of aliphatic hydroxyl groups excluding tert-OH is 1. The Bertz CT molecular complexity index is 560. The zero-order chi connectivity index (χ0) is 15.1. The number of esters is 1. The van der Waals surface area contributed by atoms with Crippen molar-refractivity contribution < 1.29 is 23.8 Å². The predicted molar refractivity (Wildman–Crippen MR) is 72.2 cm³/mol. The van der Waals surface area contributed by atoms with Crippen molar-refractivity contribution in [1.29, 1.82) is 0 Å². The van der Waals surface area contributed by atoms with Gasteiger partial charge in [0.15, 0.2) is 11.6 Å². The molecule has 0 aliphatic rings. The minimum Gasteiger partial charge on any atom is -0.507 e. The molecule has 0 aliphatic heterocycles. The van der Waals surface area contributed by atoms with E-state index in [0.29, 0.717) is 0 Å². The maximum Gasteiger partial charge on any atom is 0.362 e. The van der Waals surface area contributed by atoms with Crippen LogP contribution in [0.25, 0.3) is 0 Å². The molecule has 6 nitrogen and oxygen atoms in total. The van der Waals surface area contributed by atoms with Gasteiger partial charge in [-0.3, -0.25) is 0 Å². The first kappa shape index (κ1) is 16.3. The lowest BCUT2D eigenvalue weighted by Gasteiger charge is -2.03. The minimum atomic E-state index is -0.904. The smallest absolute Gasteiger partial charge is 0.362 e. The first-order chi connectivity index (χ1) is 9.51. The predicted octanol–water partition coefficient (Wildman–Crippen LogP) is 3.26. The highest BCUT2D eigenvalue weighted by Gasteiger charge is 2.16. The van der Waals surface area contributed by atoms with E-state index in [1.807, 2.05) is 0 Å². The first-order valence-electron chi connectivity index (χ1n) is 5.36. The zero-order valence-electron chi connectivity index (χ0n) is 10.8. The summed E-state index contributed by atoms with van der Waals surface area (Å²) in [7, 11) is 2.45. The number of hydrogen-bond donors (Lipinski definition) is 1. The molecule has 1 rings (SSSR count). The van der Waals surface area contributed by atoms with Crippen LogP contribution in [0.1, 0.15) is 0 Å². The van der Waals surface area contributed by atoms with Crippen LogP contribution in [-0.4, -0.2) is 31.9 Å². The van der Waals surface area contributed by atoms with E-state index in [4.69, 9.17) is 0 Å². The van der Waals surface area contributed by atoms with E-state index in [-0.39, 0.29) is 16.8 Å². The van der Waals surface area contributed by atoms with Crippen LogP contribution >= 0.6 is 15.9 Å². The summed E-state index contributed by atoms with van der Waals surface area (Å²) in [5, 5.41) is 16.7. The summed E-state index contributed by atoms with van der Waals surface area (Å²) in [5.74, 6) is -2.00. The van der Waals surface area contributed by atoms with Crippen LogP contribution in [-0.2, 0) is 14.3 Å². The van der Waals surface area contributed by atoms with E-state index in [2.05, 4.69) is 35.6 Å². The maximum absolute atomic E-state index is 13.7. The molecule has 0 radical (unpaired) electrons. The fourth-order valence-electron chi connectivity index (χ4n) is 1.19. The van der Waals surface area contributed by atoms with Crippen LogP contribution in [0.3, 0.4) is 0 Å².